The number of aromatic nitrogens is 1. The fraction of sp³-hybridized carbons (Fsp3) is 0.542. The van der Waals surface area contributed by atoms with Gasteiger partial charge in [-0.1, -0.05) is 0 Å². The summed E-state index contributed by atoms with van der Waals surface area (Å²) in [4.78, 5) is 28.6. The van der Waals surface area contributed by atoms with E-state index in [0.29, 0.717) is 37.3 Å². The Bertz CT molecular complexity index is 1180. The Kier molecular flexibility index (Phi) is 6.30. The van der Waals surface area contributed by atoms with Crippen LogP contribution in [0.3, 0.4) is 0 Å². The topological polar surface area (TPSA) is 98.8 Å². The molecule has 2 aliphatic rings. The fourth-order valence-electron chi connectivity index (χ4n) is 4.90. The predicted octanol–water partition coefficient (Wildman–Crippen LogP) is 3.24. The Morgan fingerprint density at radius 1 is 1.42 bits per heavy atom. The van der Waals surface area contributed by atoms with Crippen LogP contribution in [0, 0.1) is 23.1 Å². The number of anilines is 1. The van der Waals surface area contributed by atoms with E-state index < -0.39 is 17.2 Å². The Hall–Kier alpha value is -3.12. The Balaban J connectivity index is 1.77. The molecule has 1 aromatic carbocycles. The monoisotopic (exact) mass is 456 g/mol. The molecule has 2 heterocycles. The second-order valence-electron chi connectivity index (χ2n) is 9.08. The molecule has 2 unspecified atom stereocenters. The van der Waals surface area contributed by atoms with Crippen molar-refractivity contribution >= 4 is 22.6 Å². The lowest BCUT2D eigenvalue weighted by Gasteiger charge is -2.30. The molecule has 1 N–H and O–H groups in total. The van der Waals surface area contributed by atoms with Crippen LogP contribution in [0.25, 0.3) is 10.9 Å². The molecule has 8 nitrogen and oxygen atoms in total. The molecule has 2 atom stereocenters. The van der Waals surface area contributed by atoms with Gasteiger partial charge in [-0.15, -0.1) is 0 Å². The summed E-state index contributed by atoms with van der Waals surface area (Å²) in [5.74, 6) is -1.35. The third-order valence-corrected chi connectivity index (χ3v) is 7.07. The van der Waals surface area contributed by atoms with Crippen LogP contribution in [-0.2, 0) is 0 Å². The van der Waals surface area contributed by atoms with Gasteiger partial charge in [-0.2, -0.15) is 5.26 Å². The minimum atomic E-state index is -1.32. The number of hydrogen-bond acceptors (Lipinski definition) is 6. The van der Waals surface area contributed by atoms with E-state index in [1.807, 2.05) is 11.9 Å². The van der Waals surface area contributed by atoms with Crippen molar-refractivity contribution < 1.29 is 19.0 Å². The first kappa shape index (κ1) is 23.1. The second kappa shape index (κ2) is 9.02. The molecular formula is C24H29FN4O4. The first-order valence-electron chi connectivity index (χ1n) is 11.3. The van der Waals surface area contributed by atoms with Gasteiger partial charge in [0.25, 0.3) is 0 Å². The fourth-order valence-corrected chi connectivity index (χ4v) is 4.90. The van der Waals surface area contributed by atoms with Gasteiger partial charge >= 0.3 is 5.97 Å². The van der Waals surface area contributed by atoms with Crippen molar-refractivity contribution in [3.05, 3.63) is 33.9 Å². The van der Waals surface area contributed by atoms with Crippen LogP contribution < -0.4 is 15.1 Å². The molecule has 0 radical (unpaired) electrons. The molecule has 4 rings (SSSR count). The number of methoxy groups -OCH3 is 1. The van der Waals surface area contributed by atoms with E-state index >= 15 is 4.39 Å². The van der Waals surface area contributed by atoms with E-state index in [1.165, 1.54) is 13.3 Å². The van der Waals surface area contributed by atoms with E-state index in [1.54, 1.807) is 4.57 Å². The molecule has 0 bridgehead atoms. The number of ether oxygens (including phenoxy) is 1. The number of nitriles is 1. The van der Waals surface area contributed by atoms with Gasteiger partial charge in [-0.25, -0.2) is 9.18 Å². The van der Waals surface area contributed by atoms with Gasteiger partial charge in [0, 0.05) is 44.3 Å². The molecule has 9 heteroatoms. The van der Waals surface area contributed by atoms with Crippen molar-refractivity contribution in [3.8, 4) is 11.8 Å². The van der Waals surface area contributed by atoms with Crippen LogP contribution in [0.1, 0.15) is 49.0 Å². The van der Waals surface area contributed by atoms with Crippen LogP contribution in [0.5, 0.6) is 5.75 Å². The minimum Gasteiger partial charge on any atom is -0.492 e. The number of carbonyl (C=O) groups is 1. The van der Waals surface area contributed by atoms with E-state index in [4.69, 9.17) is 10.00 Å². The summed E-state index contributed by atoms with van der Waals surface area (Å²) in [6.07, 6.45) is 4.43. The molecule has 33 heavy (non-hydrogen) atoms. The molecule has 2 fully saturated rings. The molecular weight excluding hydrogens is 427 g/mol. The minimum absolute atomic E-state index is 0.0280. The number of carboxylic acid groups (broad SMARTS) is 1. The van der Waals surface area contributed by atoms with Gasteiger partial charge in [0.1, 0.15) is 11.3 Å². The van der Waals surface area contributed by atoms with E-state index in [-0.39, 0.29) is 34.7 Å². The molecule has 2 aromatic rings. The van der Waals surface area contributed by atoms with Crippen LogP contribution >= 0.6 is 0 Å². The van der Waals surface area contributed by atoms with Crippen LogP contribution in [0.15, 0.2) is 17.1 Å². The first-order chi connectivity index (χ1) is 15.8. The lowest BCUT2D eigenvalue weighted by atomic mass is 9.99. The van der Waals surface area contributed by atoms with Crippen molar-refractivity contribution in [1.29, 1.82) is 5.26 Å². The molecule has 1 aliphatic heterocycles. The van der Waals surface area contributed by atoms with E-state index in [0.717, 1.165) is 25.3 Å². The summed E-state index contributed by atoms with van der Waals surface area (Å²) in [7, 11) is 3.45. The highest BCUT2D eigenvalue weighted by molar-refractivity contribution is 5.97. The van der Waals surface area contributed by atoms with Crippen molar-refractivity contribution in [1.82, 2.24) is 9.47 Å². The smallest absolute Gasteiger partial charge is 0.341 e. The number of fused-ring (bicyclic) bond motifs is 1. The van der Waals surface area contributed by atoms with Gasteiger partial charge in [0.05, 0.1) is 24.1 Å². The second-order valence-corrected chi connectivity index (χ2v) is 9.08. The van der Waals surface area contributed by atoms with Gasteiger partial charge in [0.2, 0.25) is 5.43 Å². The summed E-state index contributed by atoms with van der Waals surface area (Å²) in [5, 5.41) is 18.4. The standard InChI is InChI=1S/C24H29FN4O4/c1-14(27(2)9-4-8-26)15-7-10-28(12-15)21-19(25)11-17-20(23(21)33-3)29(16-5-6-16)13-18(22(17)30)24(31)32/h11,13-16H,4-7,9-10,12H2,1-3H3,(H,31,32). The SMILES string of the molecule is COc1c(N2CCC(C(C)N(C)CCC#N)C2)c(F)cc2c(=O)c(C(=O)O)cn(C3CC3)c12. The lowest BCUT2D eigenvalue weighted by molar-refractivity contribution is 0.0695. The van der Waals surface area contributed by atoms with Gasteiger partial charge < -0.3 is 24.2 Å². The summed E-state index contributed by atoms with van der Waals surface area (Å²) in [6, 6.07) is 3.62. The number of benzene rings is 1. The average molecular weight is 457 g/mol. The van der Waals surface area contributed by atoms with Crippen LogP contribution in [0.2, 0.25) is 0 Å². The van der Waals surface area contributed by atoms with Crippen molar-refractivity contribution in [3.63, 3.8) is 0 Å². The molecule has 0 amide bonds. The van der Waals surface area contributed by atoms with Gasteiger partial charge in [-0.05, 0) is 45.2 Å². The number of aromatic carboxylic acids is 1. The highest BCUT2D eigenvalue weighted by Crippen LogP contribution is 2.44. The van der Waals surface area contributed by atoms with Crippen molar-refractivity contribution in [2.24, 2.45) is 5.92 Å². The Labute approximate surface area is 191 Å². The van der Waals surface area contributed by atoms with Crippen LogP contribution in [-0.4, -0.2) is 60.4 Å². The highest BCUT2D eigenvalue weighted by atomic mass is 19.1. The molecule has 1 saturated heterocycles. The zero-order valence-electron chi connectivity index (χ0n) is 19.2. The van der Waals surface area contributed by atoms with Crippen molar-refractivity contribution in [2.75, 3.05) is 38.7 Å². The zero-order valence-corrected chi connectivity index (χ0v) is 19.2. The normalized spacial score (nSPS) is 19.2. The summed E-state index contributed by atoms with van der Waals surface area (Å²) < 4.78 is 22.9. The molecule has 0 spiro atoms. The summed E-state index contributed by atoms with van der Waals surface area (Å²) >= 11 is 0. The average Bonchev–Trinajstić information content (AvgIpc) is 3.52. The Morgan fingerprint density at radius 2 is 2.15 bits per heavy atom. The largest absolute Gasteiger partial charge is 0.492 e. The summed E-state index contributed by atoms with van der Waals surface area (Å²) in [6.45, 7) is 4.07. The number of nitrogens with zero attached hydrogens (tertiary/aromatic N) is 4. The summed E-state index contributed by atoms with van der Waals surface area (Å²) in [5.41, 5.74) is -0.297. The zero-order chi connectivity index (χ0) is 23.9. The van der Waals surface area contributed by atoms with Crippen molar-refractivity contribution in [2.45, 2.75) is 44.7 Å². The first-order valence-corrected chi connectivity index (χ1v) is 11.3. The number of hydrogen-bond donors (Lipinski definition) is 1. The Morgan fingerprint density at radius 3 is 2.76 bits per heavy atom. The molecule has 176 valence electrons. The quantitative estimate of drug-likeness (QED) is 0.651. The number of rotatable bonds is 8. The number of pyridine rings is 1. The molecule has 1 aliphatic carbocycles. The van der Waals surface area contributed by atoms with E-state index in [2.05, 4.69) is 17.9 Å². The highest BCUT2D eigenvalue weighted by Gasteiger charge is 2.35. The third-order valence-electron chi connectivity index (χ3n) is 7.07. The van der Waals surface area contributed by atoms with E-state index in [9.17, 15) is 14.7 Å². The predicted molar refractivity (Wildman–Crippen MR) is 123 cm³/mol. The maximum Gasteiger partial charge on any atom is 0.341 e. The lowest BCUT2D eigenvalue weighted by Crippen LogP contribution is -2.37. The van der Waals surface area contributed by atoms with Gasteiger partial charge in [-0.3, -0.25) is 4.79 Å². The molecule has 1 aromatic heterocycles. The number of carboxylic acids is 1. The van der Waals surface area contributed by atoms with Gasteiger partial charge in [0.15, 0.2) is 11.6 Å². The maximum absolute atomic E-state index is 15.5. The molecule has 1 saturated carbocycles. The van der Waals surface area contributed by atoms with Crippen LogP contribution in [0.4, 0.5) is 10.1 Å². The third kappa shape index (κ3) is 4.15. The number of halogens is 1. The maximum atomic E-state index is 15.5.